The van der Waals surface area contributed by atoms with Crippen molar-refractivity contribution in [1.82, 2.24) is 0 Å². The van der Waals surface area contributed by atoms with Crippen LogP contribution in [0.3, 0.4) is 0 Å². The van der Waals surface area contributed by atoms with Crippen molar-refractivity contribution in [3.8, 4) is 0 Å². The molecule has 112 valence electrons. The molecule has 0 saturated heterocycles. The fourth-order valence-corrected chi connectivity index (χ4v) is 1.84. The molecule has 0 spiro atoms. The molecule has 0 fully saturated rings. The summed E-state index contributed by atoms with van der Waals surface area (Å²) < 4.78 is 0. The van der Waals surface area contributed by atoms with E-state index in [0.29, 0.717) is 11.7 Å². The van der Waals surface area contributed by atoms with Crippen LogP contribution in [0.25, 0.3) is 0 Å². The Labute approximate surface area is 137 Å². The number of rotatable bonds is 4. The molecule has 0 aliphatic heterocycles. The van der Waals surface area contributed by atoms with Crippen molar-refractivity contribution in [3.63, 3.8) is 0 Å². The predicted octanol–water partition coefficient (Wildman–Crippen LogP) is 3.15. The number of anilines is 1. The fourth-order valence-electron chi connectivity index (χ4n) is 1.37. The Balaban J connectivity index is -0.000000853. The predicted molar refractivity (Wildman–Crippen MR) is 95.0 cm³/mol. The summed E-state index contributed by atoms with van der Waals surface area (Å²) in [4.78, 5) is 4.31. The Morgan fingerprint density at radius 2 is 1.95 bits per heavy atom. The van der Waals surface area contributed by atoms with E-state index in [1.807, 2.05) is 32.2 Å². The fraction of sp³-hybridized carbons (Fsp3) is 0.364. The Bertz CT molecular complexity index is 388. The van der Waals surface area contributed by atoms with Crippen LogP contribution in [0.4, 0.5) is 11.4 Å². The number of benzene rings is 1. The topological polar surface area (TPSA) is 76.4 Å². The van der Waals surface area contributed by atoms with E-state index in [-0.39, 0.29) is 37.2 Å². The van der Waals surface area contributed by atoms with E-state index in [1.165, 1.54) is 11.8 Å². The van der Waals surface area contributed by atoms with E-state index in [4.69, 9.17) is 11.5 Å². The minimum atomic E-state index is 0. The molecule has 8 heteroatoms. The SMILES string of the molecule is CCSC(N)=Nc1ccc(NC)c(CN)c1.Cl.Cl.Cl. The first-order valence-electron chi connectivity index (χ1n) is 5.19. The van der Waals surface area contributed by atoms with Gasteiger partial charge in [0.15, 0.2) is 5.17 Å². The van der Waals surface area contributed by atoms with E-state index in [0.717, 1.165) is 22.7 Å². The molecule has 0 unspecified atom stereocenters. The van der Waals surface area contributed by atoms with Gasteiger partial charge in [-0.2, -0.15) is 0 Å². The number of amidine groups is 1. The summed E-state index contributed by atoms with van der Waals surface area (Å²) in [5.41, 5.74) is 14.3. The summed E-state index contributed by atoms with van der Waals surface area (Å²) in [7, 11) is 1.87. The van der Waals surface area contributed by atoms with E-state index < -0.39 is 0 Å². The van der Waals surface area contributed by atoms with Crippen molar-refractivity contribution < 1.29 is 0 Å². The Morgan fingerprint density at radius 3 is 2.42 bits per heavy atom. The number of aliphatic imine (C=N–C) groups is 1. The normalized spacial score (nSPS) is 9.74. The summed E-state index contributed by atoms with van der Waals surface area (Å²) in [5.74, 6) is 0.924. The lowest BCUT2D eigenvalue weighted by Gasteiger charge is -2.08. The molecule has 4 nitrogen and oxygen atoms in total. The Hall–Kier alpha value is -0.330. The first-order chi connectivity index (χ1) is 7.71. The van der Waals surface area contributed by atoms with Crippen LogP contribution < -0.4 is 16.8 Å². The van der Waals surface area contributed by atoms with Crippen LogP contribution in [0, 0.1) is 0 Å². The highest BCUT2D eigenvalue weighted by atomic mass is 35.5. The monoisotopic (exact) mass is 346 g/mol. The molecule has 0 saturated carbocycles. The average Bonchev–Trinajstić information content (AvgIpc) is 2.29. The van der Waals surface area contributed by atoms with E-state index in [2.05, 4.69) is 10.3 Å². The Kier molecular flexibility index (Phi) is 15.9. The van der Waals surface area contributed by atoms with Crippen molar-refractivity contribution in [3.05, 3.63) is 23.8 Å². The maximum Gasteiger partial charge on any atom is 0.159 e. The summed E-state index contributed by atoms with van der Waals surface area (Å²) >= 11 is 1.53. The number of nitrogens with zero attached hydrogens (tertiary/aromatic N) is 1. The second-order valence-electron chi connectivity index (χ2n) is 3.18. The first-order valence-corrected chi connectivity index (χ1v) is 6.17. The second-order valence-corrected chi connectivity index (χ2v) is 4.46. The van der Waals surface area contributed by atoms with Crippen LogP contribution in [0.5, 0.6) is 0 Å². The smallest absolute Gasteiger partial charge is 0.159 e. The number of nitrogens with one attached hydrogen (secondary N) is 1. The van der Waals surface area contributed by atoms with Crippen LogP contribution in [0.1, 0.15) is 12.5 Å². The molecule has 1 rings (SSSR count). The van der Waals surface area contributed by atoms with Gasteiger partial charge in [0.1, 0.15) is 0 Å². The zero-order chi connectivity index (χ0) is 12.0. The highest BCUT2D eigenvalue weighted by Crippen LogP contribution is 2.22. The number of hydrogen-bond acceptors (Lipinski definition) is 4. The maximum atomic E-state index is 5.74. The highest BCUT2D eigenvalue weighted by molar-refractivity contribution is 8.13. The van der Waals surface area contributed by atoms with Crippen LogP contribution in [-0.4, -0.2) is 18.0 Å². The molecule has 0 radical (unpaired) electrons. The summed E-state index contributed by atoms with van der Waals surface area (Å²) in [6.45, 7) is 2.53. The summed E-state index contributed by atoms with van der Waals surface area (Å²) in [5, 5.41) is 3.67. The van der Waals surface area contributed by atoms with Gasteiger partial charge in [-0.1, -0.05) is 18.7 Å². The molecule has 0 atom stereocenters. The Morgan fingerprint density at radius 1 is 1.32 bits per heavy atom. The lowest BCUT2D eigenvalue weighted by atomic mass is 10.1. The molecular formula is C11H21Cl3N4S. The lowest BCUT2D eigenvalue weighted by Crippen LogP contribution is -2.06. The van der Waals surface area contributed by atoms with Crippen LogP contribution in [0.2, 0.25) is 0 Å². The molecule has 0 aliphatic rings. The van der Waals surface area contributed by atoms with Crippen molar-refractivity contribution in [2.45, 2.75) is 13.5 Å². The number of thioether (sulfide) groups is 1. The van der Waals surface area contributed by atoms with Gasteiger partial charge in [-0.05, 0) is 29.5 Å². The van der Waals surface area contributed by atoms with E-state index in [1.54, 1.807) is 0 Å². The molecule has 0 aromatic heterocycles. The molecule has 5 N–H and O–H groups in total. The van der Waals surface area contributed by atoms with Crippen LogP contribution in [0.15, 0.2) is 23.2 Å². The van der Waals surface area contributed by atoms with Gasteiger partial charge in [-0.3, -0.25) is 0 Å². The molecule has 1 aromatic rings. The van der Waals surface area contributed by atoms with Crippen molar-refractivity contribution in [1.29, 1.82) is 0 Å². The van der Waals surface area contributed by atoms with Gasteiger partial charge in [-0.15, -0.1) is 37.2 Å². The average molecular weight is 348 g/mol. The summed E-state index contributed by atoms with van der Waals surface area (Å²) in [6.07, 6.45) is 0. The molecule has 0 bridgehead atoms. The standard InChI is InChI=1S/C11H18N4S.3ClH/c1-3-16-11(13)15-9-4-5-10(14-2)8(6-9)7-12;;;/h4-6,14H,3,7,12H2,1-2H3,(H2,13,15);3*1H. The van der Waals surface area contributed by atoms with Gasteiger partial charge < -0.3 is 16.8 Å². The minimum Gasteiger partial charge on any atom is -0.388 e. The highest BCUT2D eigenvalue weighted by Gasteiger charge is 2.01. The zero-order valence-electron chi connectivity index (χ0n) is 10.9. The van der Waals surface area contributed by atoms with Crippen molar-refractivity contribution >= 4 is 65.5 Å². The largest absolute Gasteiger partial charge is 0.388 e. The van der Waals surface area contributed by atoms with Gasteiger partial charge in [0.2, 0.25) is 0 Å². The number of hydrogen-bond donors (Lipinski definition) is 3. The molecule has 0 aliphatic carbocycles. The van der Waals surface area contributed by atoms with Crippen molar-refractivity contribution in [2.75, 3.05) is 18.1 Å². The van der Waals surface area contributed by atoms with E-state index in [9.17, 15) is 0 Å². The lowest BCUT2D eigenvalue weighted by molar-refractivity contribution is 1.07. The second kappa shape index (κ2) is 12.7. The van der Waals surface area contributed by atoms with Gasteiger partial charge in [0.05, 0.1) is 5.69 Å². The quantitative estimate of drug-likeness (QED) is 0.577. The molecule has 1 aromatic carbocycles. The molecular weight excluding hydrogens is 327 g/mol. The van der Waals surface area contributed by atoms with Gasteiger partial charge in [0.25, 0.3) is 0 Å². The maximum absolute atomic E-state index is 5.74. The zero-order valence-corrected chi connectivity index (χ0v) is 14.1. The third-order valence-corrected chi connectivity index (χ3v) is 2.79. The van der Waals surface area contributed by atoms with Gasteiger partial charge >= 0.3 is 0 Å². The third-order valence-electron chi connectivity index (χ3n) is 2.11. The molecule has 0 amide bonds. The van der Waals surface area contributed by atoms with Gasteiger partial charge in [0, 0.05) is 19.3 Å². The van der Waals surface area contributed by atoms with Crippen LogP contribution >= 0.6 is 49.0 Å². The van der Waals surface area contributed by atoms with E-state index >= 15 is 0 Å². The summed E-state index contributed by atoms with van der Waals surface area (Å²) in [6, 6.07) is 5.84. The minimum absolute atomic E-state index is 0. The van der Waals surface area contributed by atoms with Crippen molar-refractivity contribution in [2.24, 2.45) is 16.5 Å². The molecule has 19 heavy (non-hydrogen) atoms. The van der Waals surface area contributed by atoms with Gasteiger partial charge in [-0.25, -0.2) is 4.99 Å². The number of halogens is 3. The number of nitrogens with two attached hydrogens (primary N) is 2. The van der Waals surface area contributed by atoms with Crippen LogP contribution in [-0.2, 0) is 6.54 Å². The first kappa shape index (κ1) is 23.7. The molecule has 0 heterocycles. The third kappa shape index (κ3) is 7.74.